The molecule has 0 spiro atoms. The SMILES string of the molecule is CCCCCCCCCCCCC/C=C/CC/C=C/CC/C=C/CCCC(O)C(O)C(CO)NC(=O)C(O)CCCCCCCCCCCCCCCCCCCCCCCCC. The summed E-state index contributed by atoms with van der Waals surface area (Å²) in [7, 11) is 0. The lowest BCUT2D eigenvalue weighted by atomic mass is 10.00. The fourth-order valence-corrected chi connectivity index (χ4v) is 8.67. The molecule has 63 heavy (non-hydrogen) atoms. The molecule has 0 aliphatic heterocycles. The third kappa shape index (κ3) is 45.5. The molecule has 0 fully saturated rings. The Labute approximate surface area is 392 Å². The van der Waals surface area contributed by atoms with Gasteiger partial charge in [0.05, 0.1) is 18.8 Å². The summed E-state index contributed by atoms with van der Waals surface area (Å²) in [6, 6.07) is -1.01. The maximum absolute atomic E-state index is 12.6. The van der Waals surface area contributed by atoms with E-state index in [9.17, 15) is 25.2 Å². The average Bonchev–Trinajstić information content (AvgIpc) is 3.29. The second-order valence-corrected chi connectivity index (χ2v) is 19.3. The molecule has 0 heterocycles. The van der Waals surface area contributed by atoms with Gasteiger partial charge in [-0.05, 0) is 64.2 Å². The van der Waals surface area contributed by atoms with Crippen molar-refractivity contribution < 1.29 is 25.2 Å². The van der Waals surface area contributed by atoms with E-state index in [4.69, 9.17) is 0 Å². The Hall–Kier alpha value is -1.47. The van der Waals surface area contributed by atoms with E-state index in [-0.39, 0.29) is 0 Å². The lowest BCUT2D eigenvalue weighted by molar-refractivity contribution is -0.132. The molecule has 0 aliphatic rings. The normalized spacial score (nSPS) is 14.1. The first kappa shape index (κ1) is 61.5. The van der Waals surface area contributed by atoms with Gasteiger partial charge in [0, 0.05) is 0 Å². The zero-order valence-corrected chi connectivity index (χ0v) is 42.1. The van der Waals surface area contributed by atoms with Crippen LogP contribution in [0.3, 0.4) is 0 Å². The lowest BCUT2D eigenvalue weighted by Gasteiger charge is -2.27. The average molecular weight is 889 g/mol. The maximum Gasteiger partial charge on any atom is 0.249 e. The number of hydrogen-bond donors (Lipinski definition) is 5. The Bertz CT molecular complexity index is 997. The Morgan fingerprint density at radius 3 is 1.00 bits per heavy atom. The molecule has 0 aliphatic carbocycles. The Morgan fingerprint density at radius 2 is 0.667 bits per heavy atom. The molecule has 5 N–H and O–H groups in total. The predicted octanol–water partition coefficient (Wildman–Crippen LogP) is 16.0. The number of carbonyl (C=O) groups excluding carboxylic acids is 1. The van der Waals surface area contributed by atoms with Gasteiger partial charge in [-0.1, -0.05) is 262 Å². The van der Waals surface area contributed by atoms with Crippen molar-refractivity contribution in [2.45, 2.75) is 314 Å². The third-order valence-corrected chi connectivity index (χ3v) is 13.1. The standard InChI is InChI=1S/C57H109NO5/c1-3-5-7-9-11-13-15-17-19-21-23-25-27-29-30-32-34-36-38-40-42-44-46-48-50-54(60)56(62)53(52-59)58-57(63)55(61)51-49-47-45-43-41-39-37-35-33-31-28-26-24-22-20-18-16-14-12-10-8-6-4-2/h27,29,34,36,42,44,53-56,59-62H,3-26,28,30-33,35,37-41,43,45-52H2,1-2H3,(H,58,63)/b29-27+,36-34+,44-42+. The van der Waals surface area contributed by atoms with Gasteiger partial charge < -0.3 is 25.7 Å². The molecule has 0 rings (SSSR count). The lowest BCUT2D eigenvalue weighted by Crippen LogP contribution is -2.53. The fourth-order valence-electron chi connectivity index (χ4n) is 8.67. The minimum Gasteiger partial charge on any atom is -0.394 e. The van der Waals surface area contributed by atoms with E-state index in [0.717, 1.165) is 51.4 Å². The van der Waals surface area contributed by atoms with E-state index < -0.39 is 36.9 Å². The van der Waals surface area contributed by atoms with E-state index in [2.05, 4.69) is 55.6 Å². The van der Waals surface area contributed by atoms with Crippen LogP contribution in [-0.4, -0.2) is 57.3 Å². The summed E-state index contributed by atoms with van der Waals surface area (Å²) in [6.07, 6.45) is 63.5. The number of hydrogen-bond acceptors (Lipinski definition) is 5. The van der Waals surface area contributed by atoms with Crippen molar-refractivity contribution >= 4 is 5.91 Å². The van der Waals surface area contributed by atoms with E-state index >= 15 is 0 Å². The highest BCUT2D eigenvalue weighted by Gasteiger charge is 2.28. The van der Waals surface area contributed by atoms with Gasteiger partial charge in [-0.25, -0.2) is 0 Å². The summed E-state index contributed by atoms with van der Waals surface area (Å²) in [5.41, 5.74) is 0. The minimum atomic E-state index is -1.29. The molecule has 4 atom stereocenters. The van der Waals surface area contributed by atoms with Gasteiger partial charge in [0.25, 0.3) is 0 Å². The van der Waals surface area contributed by atoms with Crippen molar-refractivity contribution in [3.8, 4) is 0 Å². The van der Waals surface area contributed by atoms with Crippen molar-refractivity contribution in [2.24, 2.45) is 0 Å². The number of aliphatic hydroxyl groups is 4. The fraction of sp³-hybridized carbons (Fsp3) is 0.877. The van der Waals surface area contributed by atoms with Gasteiger partial charge in [0.2, 0.25) is 5.91 Å². The topological polar surface area (TPSA) is 110 Å². The molecule has 0 saturated carbocycles. The van der Waals surface area contributed by atoms with Gasteiger partial charge >= 0.3 is 0 Å². The number of unbranched alkanes of at least 4 members (excludes halogenated alkanes) is 36. The number of carbonyl (C=O) groups is 1. The zero-order valence-electron chi connectivity index (χ0n) is 42.1. The number of nitrogens with one attached hydrogen (secondary N) is 1. The summed E-state index contributed by atoms with van der Waals surface area (Å²) in [4.78, 5) is 12.6. The molecule has 0 aromatic rings. The molecule has 0 radical (unpaired) electrons. The number of allylic oxidation sites excluding steroid dienone is 6. The minimum absolute atomic E-state index is 0.362. The molecule has 0 bridgehead atoms. The van der Waals surface area contributed by atoms with Crippen molar-refractivity contribution in [3.63, 3.8) is 0 Å². The highest BCUT2D eigenvalue weighted by Crippen LogP contribution is 2.17. The second kappa shape index (κ2) is 51.5. The molecule has 0 aromatic heterocycles. The van der Waals surface area contributed by atoms with Gasteiger partial charge in [0.15, 0.2) is 0 Å². The predicted molar refractivity (Wildman–Crippen MR) is 274 cm³/mol. The Kier molecular flexibility index (Phi) is 50.3. The van der Waals surface area contributed by atoms with Crippen LogP contribution in [0.4, 0.5) is 0 Å². The van der Waals surface area contributed by atoms with E-state index in [1.165, 1.54) is 205 Å². The first-order valence-corrected chi connectivity index (χ1v) is 27.9. The van der Waals surface area contributed by atoms with Crippen LogP contribution >= 0.6 is 0 Å². The van der Waals surface area contributed by atoms with Gasteiger partial charge in [-0.15, -0.1) is 0 Å². The van der Waals surface area contributed by atoms with E-state index in [0.29, 0.717) is 19.3 Å². The summed E-state index contributed by atoms with van der Waals surface area (Å²) >= 11 is 0. The van der Waals surface area contributed by atoms with Crippen LogP contribution in [0.15, 0.2) is 36.5 Å². The third-order valence-electron chi connectivity index (χ3n) is 13.1. The maximum atomic E-state index is 12.6. The Balaban J connectivity index is 3.70. The van der Waals surface area contributed by atoms with Gasteiger partial charge in [-0.2, -0.15) is 0 Å². The van der Waals surface area contributed by atoms with Crippen LogP contribution < -0.4 is 5.32 Å². The summed E-state index contributed by atoms with van der Waals surface area (Å²) in [5.74, 6) is -0.595. The van der Waals surface area contributed by atoms with Crippen molar-refractivity contribution in [1.82, 2.24) is 5.32 Å². The summed E-state index contributed by atoms with van der Waals surface area (Å²) in [6.45, 7) is 4.07. The molecular weight excluding hydrogens is 779 g/mol. The highest BCUT2D eigenvalue weighted by molar-refractivity contribution is 5.80. The van der Waals surface area contributed by atoms with Crippen LogP contribution in [0.5, 0.6) is 0 Å². The second-order valence-electron chi connectivity index (χ2n) is 19.3. The van der Waals surface area contributed by atoms with Crippen molar-refractivity contribution in [1.29, 1.82) is 0 Å². The summed E-state index contributed by atoms with van der Waals surface area (Å²) < 4.78 is 0. The first-order chi connectivity index (χ1) is 31.0. The molecule has 6 nitrogen and oxygen atoms in total. The molecular formula is C57H109NO5. The van der Waals surface area contributed by atoms with Crippen LogP contribution in [0.2, 0.25) is 0 Å². The number of aliphatic hydroxyl groups excluding tert-OH is 4. The zero-order chi connectivity index (χ0) is 45.9. The molecule has 1 amide bonds. The molecule has 0 aromatic carbocycles. The molecule has 372 valence electrons. The van der Waals surface area contributed by atoms with Crippen LogP contribution in [0, 0.1) is 0 Å². The Morgan fingerprint density at radius 1 is 0.381 bits per heavy atom. The quantitative estimate of drug-likeness (QED) is 0.0309. The molecule has 6 heteroatoms. The molecule has 0 saturated heterocycles. The van der Waals surface area contributed by atoms with Crippen LogP contribution in [-0.2, 0) is 4.79 Å². The monoisotopic (exact) mass is 888 g/mol. The van der Waals surface area contributed by atoms with Crippen molar-refractivity contribution in [3.05, 3.63) is 36.5 Å². The summed E-state index contributed by atoms with van der Waals surface area (Å²) in [5, 5.41) is 43.9. The van der Waals surface area contributed by atoms with Crippen molar-refractivity contribution in [2.75, 3.05) is 6.61 Å². The number of amides is 1. The van der Waals surface area contributed by atoms with Crippen LogP contribution in [0.1, 0.15) is 290 Å². The van der Waals surface area contributed by atoms with E-state index in [1.807, 2.05) is 0 Å². The smallest absolute Gasteiger partial charge is 0.249 e. The van der Waals surface area contributed by atoms with Crippen LogP contribution in [0.25, 0.3) is 0 Å². The first-order valence-electron chi connectivity index (χ1n) is 27.9. The number of rotatable bonds is 51. The van der Waals surface area contributed by atoms with Gasteiger partial charge in [-0.3, -0.25) is 4.79 Å². The largest absolute Gasteiger partial charge is 0.394 e. The van der Waals surface area contributed by atoms with Gasteiger partial charge in [0.1, 0.15) is 12.2 Å². The van der Waals surface area contributed by atoms with E-state index in [1.54, 1.807) is 0 Å². The highest BCUT2D eigenvalue weighted by atomic mass is 16.3. The molecule has 4 unspecified atom stereocenters.